The van der Waals surface area contributed by atoms with Gasteiger partial charge in [-0.1, -0.05) is 0 Å². The second-order valence-corrected chi connectivity index (χ2v) is 5.37. The minimum Gasteiger partial charge on any atom is -0.385 e. The van der Waals surface area contributed by atoms with Crippen LogP contribution in [0.2, 0.25) is 0 Å². The molecule has 1 atom stereocenters. The zero-order valence-electron chi connectivity index (χ0n) is 13.0. The molecule has 2 rings (SSSR count). The SMILES string of the molecule is CCN(CC)C(=O)c1cc(NCC2CCCOC2)ccn1. The number of aromatic nitrogens is 1. The van der Waals surface area contributed by atoms with Crippen LogP contribution in [-0.2, 0) is 4.74 Å². The maximum Gasteiger partial charge on any atom is 0.272 e. The largest absolute Gasteiger partial charge is 0.385 e. The summed E-state index contributed by atoms with van der Waals surface area (Å²) in [7, 11) is 0. The third-order valence-corrected chi connectivity index (χ3v) is 3.88. The molecule has 1 N–H and O–H groups in total. The molecule has 1 aromatic heterocycles. The van der Waals surface area contributed by atoms with E-state index in [1.165, 1.54) is 6.42 Å². The van der Waals surface area contributed by atoms with Crippen LogP contribution in [0.25, 0.3) is 0 Å². The maximum atomic E-state index is 12.3. The molecule has 0 bridgehead atoms. The molecule has 1 saturated heterocycles. The number of ether oxygens (including phenoxy) is 1. The molecule has 1 amide bonds. The van der Waals surface area contributed by atoms with Crippen LogP contribution in [0.3, 0.4) is 0 Å². The maximum absolute atomic E-state index is 12.3. The van der Waals surface area contributed by atoms with Crippen LogP contribution in [0, 0.1) is 5.92 Å². The highest BCUT2D eigenvalue weighted by Crippen LogP contribution is 2.16. The Bertz CT molecular complexity index is 455. The van der Waals surface area contributed by atoms with Crippen molar-refractivity contribution in [3.05, 3.63) is 24.0 Å². The van der Waals surface area contributed by atoms with Gasteiger partial charge in [-0.05, 0) is 44.7 Å². The minimum atomic E-state index is -0.00958. The van der Waals surface area contributed by atoms with Crippen LogP contribution in [0.1, 0.15) is 37.2 Å². The van der Waals surface area contributed by atoms with Gasteiger partial charge in [0.25, 0.3) is 5.91 Å². The number of hydrogen-bond donors (Lipinski definition) is 1. The molecule has 21 heavy (non-hydrogen) atoms. The van der Waals surface area contributed by atoms with E-state index in [4.69, 9.17) is 4.74 Å². The first-order chi connectivity index (χ1) is 10.2. The first-order valence-electron chi connectivity index (χ1n) is 7.81. The molecule has 0 aromatic carbocycles. The van der Waals surface area contributed by atoms with Crippen molar-refractivity contribution < 1.29 is 9.53 Å². The Kier molecular flexibility index (Phi) is 5.99. The average molecular weight is 291 g/mol. The highest BCUT2D eigenvalue weighted by Gasteiger charge is 2.16. The number of nitrogens with one attached hydrogen (secondary N) is 1. The van der Waals surface area contributed by atoms with Crippen molar-refractivity contribution in [3.8, 4) is 0 Å². The Balaban J connectivity index is 1.95. The fourth-order valence-electron chi connectivity index (χ4n) is 2.56. The number of carbonyl (C=O) groups excluding carboxylic acids is 1. The lowest BCUT2D eigenvalue weighted by Crippen LogP contribution is -2.31. The van der Waals surface area contributed by atoms with Crippen LogP contribution >= 0.6 is 0 Å². The van der Waals surface area contributed by atoms with Gasteiger partial charge >= 0.3 is 0 Å². The summed E-state index contributed by atoms with van der Waals surface area (Å²) in [5, 5.41) is 3.39. The van der Waals surface area contributed by atoms with Crippen molar-refractivity contribution in [1.82, 2.24) is 9.88 Å². The van der Waals surface area contributed by atoms with Gasteiger partial charge in [0.05, 0.1) is 6.61 Å². The zero-order valence-corrected chi connectivity index (χ0v) is 13.0. The van der Waals surface area contributed by atoms with Gasteiger partial charge in [-0.2, -0.15) is 0 Å². The zero-order chi connectivity index (χ0) is 15.1. The van der Waals surface area contributed by atoms with Crippen molar-refractivity contribution in [2.45, 2.75) is 26.7 Å². The van der Waals surface area contributed by atoms with E-state index in [-0.39, 0.29) is 5.91 Å². The molecule has 116 valence electrons. The predicted octanol–water partition coefficient (Wildman–Crippen LogP) is 2.40. The lowest BCUT2D eigenvalue weighted by atomic mass is 10.0. The average Bonchev–Trinajstić information content (AvgIpc) is 2.55. The van der Waals surface area contributed by atoms with Gasteiger partial charge in [0.15, 0.2) is 0 Å². The molecular formula is C16H25N3O2. The Hall–Kier alpha value is -1.62. The Morgan fingerprint density at radius 2 is 2.29 bits per heavy atom. The normalized spacial score (nSPS) is 18.3. The second kappa shape index (κ2) is 7.98. The van der Waals surface area contributed by atoms with Crippen molar-refractivity contribution >= 4 is 11.6 Å². The first-order valence-corrected chi connectivity index (χ1v) is 7.81. The highest BCUT2D eigenvalue weighted by molar-refractivity contribution is 5.93. The smallest absolute Gasteiger partial charge is 0.272 e. The molecule has 1 unspecified atom stereocenters. The summed E-state index contributed by atoms with van der Waals surface area (Å²) < 4.78 is 5.48. The number of carbonyl (C=O) groups is 1. The van der Waals surface area contributed by atoms with E-state index in [9.17, 15) is 4.79 Å². The van der Waals surface area contributed by atoms with E-state index >= 15 is 0 Å². The summed E-state index contributed by atoms with van der Waals surface area (Å²) in [4.78, 5) is 18.3. The Morgan fingerprint density at radius 1 is 1.48 bits per heavy atom. The van der Waals surface area contributed by atoms with E-state index in [1.807, 2.05) is 26.0 Å². The van der Waals surface area contributed by atoms with Gasteiger partial charge in [0, 0.05) is 38.1 Å². The van der Waals surface area contributed by atoms with Crippen LogP contribution in [0.15, 0.2) is 18.3 Å². The number of hydrogen-bond acceptors (Lipinski definition) is 4. The van der Waals surface area contributed by atoms with Crippen molar-refractivity contribution in [1.29, 1.82) is 0 Å². The van der Waals surface area contributed by atoms with Crippen molar-refractivity contribution in [2.24, 2.45) is 5.92 Å². The van der Waals surface area contributed by atoms with E-state index in [1.54, 1.807) is 11.1 Å². The molecule has 0 aliphatic carbocycles. The fraction of sp³-hybridized carbons (Fsp3) is 0.625. The molecule has 1 aromatic rings. The lowest BCUT2D eigenvalue weighted by Gasteiger charge is -2.23. The molecule has 0 spiro atoms. The molecule has 0 saturated carbocycles. The number of anilines is 1. The van der Waals surface area contributed by atoms with Gasteiger partial charge in [0.2, 0.25) is 0 Å². The highest BCUT2D eigenvalue weighted by atomic mass is 16.5. The van der Waals surface area contributed by atoms with E-state index < -0.39 is 0 Å². The van der Waals surface area contributed by atoms with Crippen LogP contribution in [-0.4, -0.2) is 48.6 Å². The van der Waals surface area contributed by atoms with Gasteiger partial charge in [-0.15, -0.1) is 0 Å². The lowest BCUT2D eigenvalue weighted by molar-refractivity contribution is 0.0595. The Labute approximate surface area is 126 Å². The third kappa shape index (κ3) is 4.43. The summed E-state index contributed by atoms with van der Waals surface area (Å²) >= 11 is 0. The first kappa shape index (κ1) is 15.8. The van der Waals surface area contributed by atoms with Crippen LogP contribution in [0.5, 0.6) is 0 Å². The topological polar surface area (TPSA) is 54.5 Å². The van der Waals surface area contributed by atoms with E-state index in [2.05, 4.69) is 10.3 Å². The van der Waals surface area contributed by atoms with Crippen LogP contribution in [0.4, 0.5) is 5.69 Å². The number of amides is 1. The number of nitrogens with zero attached hydrogens (tertiary/aromatic N) is 2. The van der Waals surface area contributed by atoms with Crippen LogP contribution < -0.4 is 5.32 Å². The fourth-order valence-corrected chi connectivity index (χ4v) is 2.56. The molecule has 1 aliphatic heterocycles. The van der Waals surface area contributed by atoms with Gasteiger partial charge < -0.3 is 15.0 Å². The summed E-state index contributed by atoms with van der Waals surface area (Å²) in [6.07, 6.45) is 4.02. The summed E-state index contributed by atoms with van der Waals surface area (Å²) in [6.45, 7) is 7.95. The third-order valence-electron chi connectivity index (χ3n) is 3.88. The Morgan fingerprint density at radius 3 is 2.95 bits per heavy atom. The van der Waals surface area contributed by atoms with Gasteiger partial charge in [-0.25, -0.2) is 0 Å². The molecule has 1 aliphatic rings. The van der Waals surface area contributed by atoms with Gasteiger partial charge in [-0.3, -0.25) is 9.78 Å². The molecule has 5 heteroatoms. The second-order valence-electron chi connectivity index (χ2n) is 5.37. The summed E-state index contributed by atoms with van der Waals surface area (Å²) in [5.41, 5.74) is 1.45. The molecule has 2 heterocycles. The molecule has 1 fully saturated rings. The monoisotopic (exact) mass is 291 g/mol. The number of pyridine rings is 1. The van der Waals surface area contributed by atoms with Crippen molar-refractivity contribution in [2.75, 3.05) is 38.2 Å². The van der Waals surface area contributed by atoms with E-state index in [0.717, 1.165) is 31.9 Å². The standard InChI is InChI=1S/C16H25N3O2/c1-3-19(4-2)16(20)15-10-14(7-8-17-15)18-11-13-6-5-9-21-12-13/h7-8,10,13H,3-6,9,11-12H2,1-2H3,(H,17,18). The molecule has 0 radical (unpaired) electrons. The quantitative estimate of drug-likeness (QED) is 0.874. The summed E-state index contributed by atoms with van der Waals surface area (Å²) in [6, 6.07) is 3.74. The van der Waals surface area contributed by atoms with Crippen molar-refractivity contribution in [3.63, 3.8) is 0 Å². The molecule has 5 nitrogen and oxygen atoms in total. The number of rotatable bonds is 6. The summed E-state index contributed by atoms with van der Waals surface area (Å²) in [5.74, 6) is 0.540. The predicted molar refractivity (Wildman–Crippen MR) is 83.5 cm³/mol. The van der Waals surface area contributed by atoms with E-state index in [0.29, 0.717) is 24.7 Å². The molecular weight excluding hydrogens is 266 g/mol. The van der Waals surface area contributed by atoms with Gasteiger partial charge in [0.1, 0.15) is 5.69 Å². The minimum absolute atomic E-state index is 0.00958.